The van der Waals surface area contributed by atoms with Crippen LogP contribution in [-0.4, -0.2) is 13.4 Å². The van der Waals surface area contributed by atoms with Gasteiger partial charge in [0.05, 0.1) is 0 Å². The van der Waals surface area contributed by atoms with E-state index in [0.717, 1.165) is 0 Å². The fourth-order valence-corrected chi connectivity index (χ4v) is 1.70. The molecule has 1 aromatic heterocycles. The van der Waals surface area contributed by atoms with Crippen molar-refractivity contribution in [3.63, 3.8) is 0 Å². The zero-order chi connectivity index (χ0) is 9.19. The van der Waals surface area contributed by atoms with E-state index >= 15 is 0 Å². The first-order valence-electron chi connectivity index (χ1n) is 2.99. The van der Waals surface area contributed by atoms with Gasteiger partial charge < -0.3 is 0 Å². The van der Waals surface area contributed by atoms with Gasteiger partial charge in [0.25, 0.3) is 0 Å². The maximum atomic E-state index is 12.1. The SMILES string of the molecule is O=S(=O)(F)Cc1cncc(Br)c1. The lowest BCUT2D eigenvalue weighted by Gasteiger charge is -1.95. The molecular weight excluding hydrogens is 249 g/mol. The molecule has 0 fully saturated rings. The van der Waals surface area contributed by atoms with Crippen LogP contribution in [0, 0.1) is 0 Å². The van der Waals surface area contributed by atoms with Gasteiger partial charge in [0.1, 0.15) is 5.75 Å². The van der Waals surface area contributed by atoms with E-state index in [1.54, 1.807) is 0 Å². The Kier molecular flexibility index (Phi) is 2.79. The van der Waals surface area contributed by atoms with Crippen LogP contribution in [0.3, 0.4) is 0 Å². The topological polar surface area (TPSA) is 47.0 Å². The number of aromatic nitrogens is 1. The molecule has 12 heavy (non-hydrogen) atoms. The van der Waals surface area contributed by atoms with Gasteiger partial charge in [-0.3, -0.25) is 4.98 Å². The minimum absolute atomic E-state index is 0.326. The van der Waals surface area contributed by atoms with Crippen molar-refractivity contribution >= 4 is 26.2 Å². The Hall–Kier alpha value is -0.490. The van der Waals surface area contributed by atoms with E-state index in [2.05, 4.69) is 20.9 Å². The molecule has 0 saturated carbocycles. The van der Waals surface area contributed by atoms with Crippen LogP contribution >= 0.6 is 15.9 Å². The molecule has 0 atom stereocenters. The van der Waals surface area contributed by atoms with Crippen molar-refractivity contribution < 1.29 is 12.3 Å². The van der Waals surface area contributed by atoms with Crippen LogP contribution < -0.4 is 0 Å². The van der Waals surface area contributed by atoms with Crippen molar-refractivity contribution in [1.82, 2.24) is 4.98 Å². The van der Waals surface area contributed by atoms with Crippen molar-refractivity contribution in [2.24, 2.45) is 0 Å². The molecule has 0 unspecified atom stereocenters. The summed E-state index contributed by atoms with van der Waals surface area (Å²) in [6.07, 6.45) is 2.80. The van der Waals surface area contributed by atoms with E-state index in [9.17, 15) is 12.3 Å². The highest BCUT2D eigenvalue weighted by Crippen LogP contribution is 2.12. The predicted molar refractivity (Wildman–Crippen MR) is 45.7 cm³/mol. The predicted octanol–water partition coefficient (Wildman–Crippen LogP) is 1.64. The molecule has 1 rings (SSSR count). The van der Waals surface area contributed by atoms with Gasteiger partial charge in [-0.05, 0) is 27.6 Å². The molecule has 0 aliphatic rings. The highest BCUT2D eigenvalue weighted by atomic mass is 79.9. The minimum Gasteiger partial charge on any atom is -0.263 e. The molecule has 0 amide bonds. The molecule has 0 aliphatic heterocycles. The maximum absolute atomic E-state index is 12.1. The van der Waals surface area contributed by atoms with E-state index in [0.29, 0.717) is 10.0 Å². The summed E-state index contributed by atoms with van der Waals surface area (Å²) in [5, 5.41) is 0. The molecule has 3 nitrogen and oxygen atoms in total. The lowest BCUT2D eigenvalue weighted by molar-refractivity contribution is 0.551. The van der Waals surface area contributed by atoms with Crippen LogP contribution in [0.4, 0.5) is 3.89 Å². The van der Waals surface area contributed by atoms with E-state index in [4.69, 9.17) is 0 Å². The Labute approximate surface area is 78.0 Å². The summed E-state index contributed by atoms with van der Waals surface area (Å²) in [5.74, 6) is -0.626. The van der Waals surface area contributed by atoms with Crippen LogP contribution in [0.2, 0.25) is 0 Å². The van der Waals surface area contributed by atoms with Gasteiger partial charge >= 0.3 is 10.2 Å². The molecule has 0 saturated heterocycles. The second-order valence-electron chi connectivity index (χ2n) is 2.19. The van der Waals surface area contributed by atoms with Crippen LogP contribution in [0.5, 0.6) is 0 Å². The fourth-order valence-electron chi connectivity index (χ4n) is 0.734. The van der Waals surface area contributed by atoms with Gasteiger partial charge in [-0.1, -0.05) is 0 Å². The summed E-state index contributed by atoms with van der Waals surface area (Å²) < 4.78 is 33.2. The van der Waals surface area contributed by atoms with Gasteiger partial charge in [0, 0.05) is 16.9 Å². The lowest BCUT2D eigenvalue weighted by Crippen LogP contribution is -1.96. The third-order valence-electron chi connectivity index (χ3n) is 1.10. The van der Waals surface area contributed by atoms with E-state index in [1.807, 2.05) is 0 Å². The quantitative estimate of drug-likeness (QED) is 0.754. The third-order valence-corrected chi connectivity index (χ3v) is 2.21. The molecule has 66 valence electrons. The van der Waals surface area contributed by atoms with Gasteiger partial charge in [-0.25, -0.2) is 0 Å². The van der Waals surface area contributed by atoms with Crippen LogP contribution in [0.25, 0.3) is 0 Å². The maximum Gasteiger partial charge on any atom is 0.306 e. The standard InChI is InChI=1S/C6H5BrFNO2S/c7-6-1-5(2-9-3-6)4-12(8,10)11/h1-3H,4H2. The van der Waals surface area contributed by atoms with Crippen LogP contribution in [0.15, 0.2) is 22.9 Å². The van der Waals surface area contributed by atoms with Gasteiger partial charge in [-0.2, -0.15) is 8.42 Å². The van der Waals surface area contributed by atoms with Crippen molar-refractivity contribution in [1.29, 1.82) is 0 Å². The van der Waals surface area contributed by atoms with Crippen molar-refractivity contribution in [3.05, 3.63) is 28.5 Å². The zero-order valence-electron chi connectivity index (χ0n) is 5.87. The Morgan fingerprint density at radius 2 is 2.17 bits per heavy atom. The Morgan fingerprint density at radius 3 is 2.67 bits per heavy atom. The molecule has 6 heteroatoms. The second-order valence-corrected chi connectivity index (χ2v) is 4.48. The molecular formula is C6H5BrFNO2S. The number of halogens is 2. The van der Waals surface area contributed by atoms with E-state index < -0.39 is 16.0 Å². The summed E-state index contributed by atoms with van der Waals surface area (Å²) in [7, 11) is -4.45. The first-order valence-corrected chi connectivity index (χ1v) is 5.34. The lowest BCUT2D eigenvalue weighted by atomic mass is 10.3. The smallest absolute Gasteiger partial charge is 0.263 e. The first kappa shape index (κ1) is 9.60. The van der Waals surface area contributed by atoms with Gasteiger partial charge in [0.2, 0.25) is 0 Å². The van der Waals surface area contributed by atoms with Crippen molar-refractivity contribution in [2.45, 2.75) is 5.75 Å². The molecule has 0 aromatic carbocycles. The highest BCUT2D eigenvalue weighted by molar-refractivity contribution is 9.10. The van der Waals surface area contributed by atoms with Gasteiger partial charge in [0.15, 0.2) is 0 Å². The largest absolute Gasteiger partial charge is 0.306 e. The normalized spacial score (nSPS) is 11.5. The number of pyridine rings is 1. The average molecular weight is 254 g/mol. The van der Waals surface area contributed by atoms with Crippen LogP contribution in [0.1, 0.15) is 5.56 Å². The fraction of sp³-hybridized carbons (Fsp3) is 0.167. The Balaban J connectivity index is 2.91. The molecule has 1 aromatic rings. The average Bonchev–Trinajstić information content (AvgIpc) is 1.82. The zero-order valence-corrected chi connectivity index (χ0v) is 8.27. The Morgan fingerprint density at radius 1 is 1.50 bits per heavy atom. The Bertz CT molecular complexity index is 379. The van der Waals surface area contributed by atoms with E-state index in [1.165, 1.54) is 18.5 Å². The summed E-state index contributed by atoms with van der Waals surface area (Å²) >= 11 is 3.09. The molecule has 0 aliphatic carbocycles. The van der Waals surface area contributed by atoms with Gasteiger partial charge in [-0.15, -0.1) is 3.89 Å². The van der Waals surface area contributed by atoms with Crippen LogP contribution in [-0.2, 0) is 16.0 Å². The monoisotopic (exact) mass is 253 g/mol. The van der Waals surface area contributed by atoms with Crippen molar-refractivity contribution in [3.8, 4) is 0 Å². The molecule has 0 N–H and O–H groups in total. The number of nitrogens with zero attached hydrogens (tertiary/aromatic N) is 1. The minimum atomic E-state index is -4.45. The summed E-state index contributed by atoms with van der Waals surface area (Å²) in [5.41, 5.74) is 0.326. The molecule has 0 spiro atoms. The number of hydrogen-bond acceptors (Lipinski definition) is 3. The van der Waals surface area contributed by atoms with E-state index in [-0.39, 0.29) is 0 Å². The molecule has 1 heterocycles. The molecule has 0 radical (unpaired) electrons. The number of rotatable bonds is 2. The summed E-state index contributed by atoms with van der Waals surface area (Å²) in [6, 6.07) is 1.50. The second kappa shape index (κ2) is 3.49. The molecule has 0 bridgehead atoms. The third kappa shape index (κ3) is 3.27. The first-order chi connectivity index (χ1) is 5.47. The summed E-state index contributed by atoms with van der Waals surface area (Å²) in [4.78, 5) is 3.69. The highest BCUT2D eigenvalue weighted by Gasteiger charge is 2.08. The summed E-state index contributed by atoms with van der Waals surface area (Å²) in [6.45, 7) is 0. The van der Waals surface area contributed by atoms with Crippen molar-refractivity contribution in [2.75, 3.05) is 0 Å². The number of hydrogen-bond donors (Lipinski definition) is 0.